The van der Waals surface area contributed by atoms with Gasteiger partial charge in [-0.1, -0.05) is 26.0 Å². The van der Waals surface area contributed by atoms with E-state index in [-0.39, 0.29) is 17.1 Å². The van der Waals surface area contributed by atoms with Crippen molar-refractivity contribution in [3.05, 3.63) is 77.3 Å². The van der Waals surface area contributed by atoms with Crippen molar-refractivity contribution in [2.24, 2.45) is 5.41 Å². The van der Waals surface area contributed by atoms with E-state index in [0.29, 0.717) is 41.5 Å². The molecule has 3 heterocycles. The molecule has 0 bridgehead atoms. The molecule has 0 saturated carbocycles. The number of allylic oxidation sites excluding steroid dienone is 2. The standard InChI is InChI=1S/C29H29N5O3/c1-29(2)14-21(35)24-22(15-29)37-28-25(23(24)17-8-12-20(36-5)13-9-17)27-31-26(32-34(27)16-30-28)18-6-10-19(11-7-18)33(3)4/h6-13,16,23H,14-15H2,1-5H3/t23-/m1/s1. The number of anilines is 1. The summed E-state index contributed by atoms with van der Waals surface area (Å²) in [6, 6.07) is 15.9. The number of rotatable bonds is 4. The van der Waals surface area contributed by atoms with Crippen molar-refractivity contribution in [2.75, 3.05) is 26.1 Å². The lowest BCUT2D eigenvalue weighted by Crippen LogP contribution is -2.33. The lowest BCUT2D eigenvalue weighted by molar-refractivity contribution is -0.118. The van der Waals surface area contributed by atoms with Crippen LogP contribution in [0.2, 0.25) is 0 Å². The molecular weight excluding hydrogens is 466 g/mol. The summed E-state index contributed by atoms with van der Waals surface area (Å²) in [6.07, 6.45) is 2.76. The molecule has 0 radical (unpaired) electrons. The Kier molecular flexibility index (Phi) is 5.29. The molecule has 0 spiro atoms. The van der Waals surface area contributed by atoms with Crippen LogP contribution in [0, 0.1) is 5.41 Å². The molecule has 1 aliphatic carbocycles. The molecular formula is C29H29N5O3. The smallest absolute Gasteiger partial charge is 0.228 e. The second kappa shape index (κ2) is 8.44. The number of aromatic nitrogens is 4. The van der Waals surface area contributed by atoms with Crippen molar-refractivity contribution in [3.63, 3.8) is 0 Å². The molecule has 37 heavy (non-hydrogen) atoms. The molecule has 0 amide bonds. The number of ketones is 1. The fourth-order valence-electron chi connectivity index (χ4n) is 5.31. The number of fused-ring (bicyclic) bond motifs is 3. The van der Waals surface area contributed by atoms with E-state index in [2.05, 4.69) is 18.8 Å². The van der Waals surface area contributed by atoms with Gasteiger partial charge >= 0.3 is 0 Å². The molecule has 8 heteroatoms. The van der Waals surface area contributed by atoms with Gasteiger partial charge in [-0.05, 0) is 47.4 Å². The van der Waals surface area contributed by atoms with Gasteiger partial charge in [0.1, 0.15) is 17.8 Å². The Morgan fingerprint density at radius 2 is 1.78 bits per heavy atom. The quantitative estimate of drug-likeness (QED) is 0.393. The molecule has 8 nitrogen and oxygen atoms in total. The summed E-state index contributed by atoms with van der Waals surface area (Å²) in [5.41, 5.74) is 4.84. The average molecular weight is 496 g/mol. The van der Waals surface area contributed by atoms with Crippen LogP contribution in [-0.2, 0) is 4.79 Å². The number of methoxy groups -OCH3 is 1. The van der Waals surface area contributed by atoms with Crippen LogP contribution in [0.3, 0.4) is 0 Å². The van der Waals surface area contributed by atoms with Crippen molar-refractivity contribution < 1.29 is 14.3 Å². The minimum atomic E-state index is -0.363. The van der Waals surface area contributed by atoms with E-state index in [1.807, 2.05) is 67.5 Å². The molecule has 0 N–H and O–H groups in total. The third-order valence-corrected chi connectivity index (χ3v) is 7.15. The van der Waals surface area contributed by atoms with Gasteiger partial charge in [0, 0.05) is 49.7 Å². The highest BCUT2D eigenvalue weighted by Gasteiger charge is 2.44. The molecule has 1 aliphatic heterocycles. The van der Waals surface area contributed by atoms with Crippen molar-refractivity contribution in [2.45, 2.75) is 32.6 Å². The van der Waals surface area contributed by atoms with Gasteiger partial charge in [-0.15, -0.1) is 5.10 Å². The molecule has 2 aromatic carbocycles. The highest BCUT2D eigenvalue weighted by atomic mass is 16.5. The van der Waals surface area contributed by atoms with Crippen LogP contribution in [-0.4, -0.2) is 46.6 Å². The monoisotopic (exact) mass is 495 g/mol. The van der Waals surface area contributed by atoms with E-state index >= 15 is 0 Å². The second-order valence-electron chi connectivity index (χ2n) is 10.7. The summed E-state index contributed by atoms with van der Waals surface area (Å²) < 4.78 is 13.4. The Morgan fingerprint density at radius 3 is 2.46 bits per heavy atom. The molecule has 2 aromatic heterocycles. The zero-order valence-corrected chi connectivity index (χ0v) is 21.6. The SMILES string of the molecule is COc1ccc([C@@H]2C3=C(CC(C)(C)CC3=O)Oc3ncn4nc(-c5ccc(N(C)C)cc5)nc4c32)cc1. The van der Waals surface area contributed by atoms with Crippen LogP contribution >= 0.6 is 0 Å². The van der Waals surface area contributed by atoms with E-state index in [1.165, 1.54) is 0 Å². The van der Waals surface area contributed by atoms with Crippen molar-refractivity contribution in [1.82, 2.24) is 19.6 Å². The number of carbonyl (C=O) groups is 1. The Balaban J connectivity index is 1.54. The van der Waals surface area contributed by atoms with Crippen LogP contribution in [0.15, 0.2) is 66.2 Å². The number of nitrogens with zero attached hydrogens (tertiary/aromatic N) is 5. The summed E-state index contributed by atoms with van der Waals surface area (Å²) in [5.74, 6) is 2.25. The number of Topliss-reactive ketones (excluding diaryl/α,β-unsaturated/α-hetero) is 1. The van der Waals surface area contributed by atoms with Gasteiger partial charge in [0.15, 0.2) is 17.3 Å². The summed E-state index contributed by atoms with van der Waals surface area (Å²) in [5, 5.41) is 4.72. The molecule has 4 aromatic rings. The number of carbonyl (C=O) groups excluding carboxylic acids is 1. The zero-order chi connectivity index (χ0) is 25.9. The van der Waals surface area contributed by atoms with Gasteiger partial charge < -0.3 is 14.4 Å². The highest BCUT2D eigenvalue weighted by Crippen LogP contribution is 2.50. The van der Waals surface area contributed by atoms with Crippen LogP contribution < -0.4 is 14.4 Å². The van der Waals surface area contributed by atoms with E-state index in [4.69, 9.17) is 19.6 Å². The third-order valence-electron chi connectivity index (χ3n) is 7.15. The minimum Gasteiger partial charge on any atom is -0.497 e. The third kappa shape index (κ3) is 3.93. The van der Waals surface area contributed by atoms with Gasteiger partial charge in [0.05, 0.1) is 12.7 Å². The first-order valence-electron chi connectivity index (χ1n) is 12.4. The minimum absolute atomic E-state index is 0.0961. The summed E-state index contributed by atoms with van der Waals surface area (Å²) >= 11 is 0. The van der Waals surface area contributed by atoms with Gasteiger partial charge in [-0.25, -0.2) is 14.5 Å². The maximum absolute atomic E-state index is 13.6. The largest absolute Gasteiger partial charge is 0.497 e. The summed E-state index contributed by atoms with van der Waals surface area (Å²) in [7, 11) is 5.65. The maximum Gasteiger partial charge on any atom is 0.228 e. The van der Waals surface area contributed by atoms with Gasteiger partial charge in [0.25, 0.3) is 0 Å². The number of benzene rings is 2. The average Bonchev–Trinajstić information content (AvgIpc) is 3.31. The van der Waals surface area contributed by atoms with Crippen LogP contribution in [0.1, 0.15) is 43.7 Å². The van der Waals surface area contributed by atoms with E-state index < -0.39 is 0 Å². The molecule has 1 atom stereocenters. The molecule has 0 unspecified atom stereocenters. The number of ether oxygens (including phenoxy) is 2. The van der Waals surface area contributed by atoms with Gasteiger partial charge in [0.2, 0.25) is 5.88 Å². The van der Waals surface area contributed by atoms with Crippen LogP contribution in [0.5, 0.6) is 11.6 Å². The molecule has 2 aliphatic rings. The number of hydrogen-bond donors (Lipinski definition) is 0. The predicted molar refractivity (Wildman–Crippen MR) is 141 cm³/mol. The number of hydrogen-bond acceptors (Lipinski definition) is 7. The Labute approximate surface area is 215 Å². The normalized spacial score (nSPS) is 18.3. The van der Waals surface area contributed by atoms with Crippen molar-refractivity contribution in [1.29, 1.82) is 0 Å². The van der Waals surface area contributed by atoms with Crippen LogP contribution in [0.4, 0.5) is 5.69 Å². The van der Waals surface area contributed by atoms with Crippen molar-refractivity contribution in [3.8, 4) is 23.0 Å². The highest BCUT2D eigenvalue weighted by molar-refractivity contribution is 6.00. The van der Waals surface area contributed by atoms with Gasteiger partial charge in [-0.2, -0.15) is 0 Å². The van der Waals surface area contributed by atoms with Crippen molar-refractivity contribution >= 4 is 17.1 Å². The Bertz CT molecular complexity index is 1550. The molecule has 0 fully saturated rings. The molecule has 0 saturated heterocycles. The summed E-state index contributed by atoms with van der Waals surface area (Å²) in [6.45, 7) is 4.19. The van der Waals surface area contributed by atoms with Gasteiger partial charge in [-0.3, -0.25) is 4.79 Å². The molecule has 188 valence electrons. The topological polar surface area (TPSA) is 81.8 Å². The lowest BCUT2D eigenvalue weighted by atomic mass is 9.70. The zero-order valence-electron chi connectivity index (χ0n) is 21.6. The first-order valence-corrected chi connectivity index (χ1v) is 12.4. The Hall–Kier alpha value is -4.20. The van der Waals surface area contributed by atoms with E-state index in [1.54, 1.807) is 18.0 Å². The Morgan fingerprint density at radius 1 is 1.05 bits per heavy atom. The first-order chi connectivity index (χ1) is 17.7. The van der Waals surface area contributed by atoms with E-state index in [0.717, 1.165) is 28.1 Å². The first kappa shape index (κ1) is 23.2. The molecule has 6 rings (SSSR count). The fourth-order valence-corrected chi connectivity index (χ4v) is 5.31. The second-order valence-corrected chi connectivity index (χ2v) is 10.7. The lowest BCUT2D eigenvalue weighted by Gasteiger charge is -2.37. The fraction of sp³-hybridized carbons (Fsp3) is 0.310. The predicted octanol–water partition coefficient (Wildman–Crippen LogP) is 5.03. The van der Waals surface area contributed by atoms with E-state index in [9.17, 15) is 4.79 Å². The summed E-state index contributed by atoms with van der Waals surface area (Å²) in [4.78, 5) is 25.2. The van der Waals surface area contributed by atoms with Crippen LogP contribution in [0.25, 0.3) is 17.0 Å². The maximum atomic E-state index is 13.6.